The Hall–Kier alpha value is -3.28. The van der Waals surface area contributed by atoms with Crippen LogP contribution in [-0.4, -0.2) is 38.2 Å². The Kier molecular flexibility index (Phi) is 7.48. The number of nitrogens with zero attached hydrogens (tertiary/aromatic N) is 3. The van der Waals surface area contributed by atoms with E-state index in [-0.39, 0.29) is 10.0 Å². The number of carbonyl (C=O) groups is 1. The lowest BCUT2D eigenvalue weighted by Crippen LogP contribution is -2.38. The van der Waals surface area contributed by atoms with Crippen molar-refractivity contribution in [1.82, 2.24) is 10.2 Å². The van der Waals surface area contributed by atoms with Gasteiger partial charge < -0.3 is 4.74 Å². The van der Waals surface area contributed by atoms with Crippen LogP contribution in [0.1, 0.15) is 5.56 Å². The van der Waals surface area contributed by atoms with Gasteiger partial charge in [-0.25, -0.2) is 8.42 Å². The molecule has 0 atom stereocenters. The monoisotopic (exact) mass is 572 g/mol. The van der Waals surface area contributed by atoms with E-state index in [9.17, 15) is 13.2 Å². The Morgan fingerprint density at radius 3 is 2.43 bits per heavy atom. The molecule has 0 radical (unpaired) electrons. The average molecular weight is 573 g/mol. The van der Waals surface area contributed by atoms with Crippen molar-refractivity contribution in [1.29, 1.82) is 0 Å². The van der Waals surface area contributed by atoms with Crippen LogP contribution in [0.15, 0.2) is 82.2 Å². The maximum atomic E-state index is 13.5. The largest absolute Gasteiger partial charge is 0.497 e. The van der Waals surface area contributed by atoms with Crippen molar-refractivity contribution in [3.05, 3.63) is 82.8 Å². The van der Waals surface area contributed by atoms with E-state index in [1.54, 1.807) is 55.6 Å². The first-order valence-electron chi connectivity index (χ1n) is 10.4. The van der Waals surface area contributed by atoms with Crippen LogP contribution in [0.5, 0.6) is 5.75 Å². The normalized spacial score (nSPS) is 11.2. The third-order valence-corrected chi connectivity index (χ3v) is 8.17. The Morgan fingerprint density at radius 2 is 1.77 bits per heavy atom. The second-order valence-electron chi connectivity index (χ2n) is 7.49. The number of carbonyl (C=O) groups excluding carboxylic acids is 1. The minimum Gasteiger partial charge on any atom is -0.497 e. The Morgan fingerprint density at radius 1 is 1.06 bits per heavy atom. The van der Waals surface area contributed by atoms with E-state index < -0.39 is 22.5 Å². The molecule has 3 aromatic carbocycles. The number of nitrogens with one attached hydrogen (secondary N) is 1. The number of hydrogen-bond acceptors (Lipinski definition) is 7. The molecule has 4 aromatic rings. The maximum absolute atomic E-state index is 13.5. The molecular weight excluding hydrogens is 552 g/mol. The Labute approximate surface area is 215 Å². The predicted molar refractivity (Wildman–Crippen MR) is 140 cm³/mol. The highest BCUT2D eigenvalue weighted by molar-refractivity contribution is 9.10. The van der Waals surface area contributed by atoms with E-state index in [0.29, 0.717) is 20.9 Å². The summed E-state index contributed by atoms with van der Waals surface area (Å²) in [6.45, 7) is 1.43. The van der Waals surface area contributed by atoms with Gasteiger partial charge in [-0.15, -0.1) is 10.2 Å². The maximum Gasteiger partial charge on any atom is 0.264 e. The summed E-state index contributed by atoms with van der Waals surface area (Å²) >= 11 is 4.56. The standard InChI is InChI=1S/C24H21BrN4O4S2/c1-16-6-12-21(13-7-16)35(31,32)29(19-5-3-4-18(25)14-19)15-22(30)26-24-28-27-23(34-24)17-8-10-20(33-2)11-9-17/h3-14H,15H2,1-2H3,(H,26,28,30). The minimum absolute atomic E-state index is 0.0913. The van der Waals surface area contributed by atoms with E-state index >= 15 is 0 Å². The quantitative estimate of drug-likeness (QED) is 0.314. The number of aryl methyl sites for hydroxylation is 1. The van der Waals surface area contributed by atoms with Gasteiger partial charge in [0.15, 0.2) is 0 Å². The fourth-order valence-electron chi connectivity index (χ4n) is 3.20. The summed E-state index contributed by atoms with van der Waals surface area (Å²) in [6, 6.07) is 20.6. The van der Waals surface area contributed by atoms with Crippen LogP contribution in [0.4, 0.5) is 10.8 Å². The highest BCUT2D eigenvalue weighted by Crippen LogP contribution is 2.29. The number of halogens is 1. The molecule has 0 aliphatic heterocycles. The Balaban J connectivity index is 1.57. The molecule has 35 heavy (non-hydrogen) atoms. The number of ether oxygens (including phenoxy) is 1. The van der Waals surface area contributed by atoms with Crippen LogP contribution in [0.2, 0.25) is 0 Å². The van der Waals surface area contributed by atoms with Gasteiger partial charge in [-0.2, -0.15) is 0 Å². The van der Waals surface area contributed by atoms with E-state index in [1.165, 1.54) is 23.5 Å². The fraction of sp³-hybridized carbons (Fsp3) is 0.125. The smallest absolute Gasteiger partial charge is 0.264 e. The lowest BCUT2D eigenvalue weighted by atomic mass is 10.2. The Bertz CT molecular complexity index is 1440. The molecule has 0 fully saturated rings. The van der Waals surface area contributed by atoms with Crippen molar-refractivity contribution < 1.29 is 17.9 Å². The lowest BCUT2D eigenvalue weighted by Gasteiger charge is -2.24. The number of amides is 1. The highest BCUT2D eigenvalue weighted by atomic mass is 79.9. The summed E-state index contributed by atoms with van der Waals surface area (Å²) in [5.41, 5.74) is 2.10. The first-order valence-corrected chi connectivity index (χ1v) is 13.4. The van der Waals surface area contributed by atoms with Crippen molar-refractivity contribution >= 4 is 54.0 Å². The predicted octanol–water partition coefficient (Wildman–Crippen LogP) is 5.12. The molecule has 1 N–H and O–H groups in total. The van der Waals surface area contributed by atoms with Gasteiger partial charge in [0.2, 0.25) is 11.0 Å². The molecule has 8 nitrogen and oxygen atoms in total. The average Bonchev–Trinajstić information content (AvgIpc) is 3.31. The molecule has 0 bridgehead atoms. The molecule has 0 saturated heterocycles. The van der Waals surface area contributed by atoms with Crippen molar-refractivity contribution in [3.63, 3.8) is 0 Å². The molecule has 11 heteroatoms. The van der Waals surface area contributed by atoms with Gasteiger partial charge in [-0.05, 0) is 61.5 Å². The minimum atomic E-state index is -4.01. The van der Waals surface area contributed by atoms with Crippen LogP contribution < -0.4 is 14.4 Å². The third kappa shape index (κ3) is 5.87. The second-order valence-corrected chi connectivity index (χ2v) is 11.2. The topological polar surface area (TPSA) is 101 Å². The number of rotatable bonds is 8. The van der Waals surface area contributed by atoms with Crippen molar-refractivity contribution in [2.75, 3.05) is 23.3 Å². The zero-order valence-corrected chi connectivity index (χ0v) is 22.0. The van der Waals surface area contributed by atoms with E-state index in [0.717, 1.165) is 15.4 Å². The molecule has 0 spiro atoms. The SMILES string of the molecule is COc1ccc(-c2nnc(NC(=O)CN(c3cccc(Br)c3)S(=O)(=O)c3ccc(C)cc3)s2)cc1. The molecular formula is C24H21BrN4O4S2. The van der Waals surface area contributed by atoms with Gasteiger partial charge in [0.1, 0.15) is 17.3 Å². The zero-order valence-electron chi connectivity index (χ0n) is 18.8. The summed E-state index contributed by atoms with van der Waals surface area (Å²) in [4.78, 5) is 13.0. The first-order chi connectivity index (χ1) is 16.8. The van der Waals surface area contributed by atoms with Crippen LogP contribution in [0.25, 0.3) is 10.6 Å². The van der Waals surface area contributed by atoms with Crippen molar-refractivity contribution in [2.45, 2.75) is 11.8 Å². The molecule has 180 valence electrons. The molecule has 0 aliphatic rings. The lowest BCUT2D eigenvalue weighted by molar-refractivity contribution is -0.114. The summed E-state index contributed by atoms with van der Waals surface area (Å²) < 4.78 is 33.9. The zero-order chi connectivity index (χ0) is 25.0. The molecule has 1 amide bonds. The summed E-state index contributed by atoms with van der Waals surface area (Å²) in [7, 11) is -2.42. The second kappa shape index (κ2) is 10.5. The number of anilines is 2. The molecule has 0 unspecified atom stereocenters. The van der Waals surface area contributed by atoms with Crippen LogP contribution >= 0.6 is 27.3 Å². The van der Waals surface area contributed by atoms with Crippen LogP contribution in [0, 0.1) is 6.92 Å². The van der Waals surface area contributed by atoms with Gasteiger partial charge in [0.25, 0.3) is 10.0 Å². The van der Waals surface area contributed by atoms with Crippen LogP contribution in [0.3, 0.4) is 0 Å². The van der Waals surface area contributed by atoms with Gasteiger partial charge >= 0.3 is 0 Å². The number of aromatic nitrogens is 2. The molecule has 1 aromatic heterocycles. The number of hydrogen-bond donors (Lipinski definition) is 1. The van der Waals surface area contributed by atoms with E-state index in [1.807, 2.05) is 19.1 Å². The third-order valence-electron chi connectivity index (χ3n) is 5.00. The van der Waals surface area contributed by atoms with E-state index in [4.69, 9.17) is 4.74 Å². The van der Waals surface area contributed by atoms with Gasteiger partial charge in [-0.3, -0.25) is 14.4 Å². The van der Waals surface area contributed by atoms with Gasteiger partial charge in [0.05, 0.1) is 17.7 Å². The summed E-state index contributed by atoms with van der Waals surface area (Å²) in [5, 5.41) is 11.7. The van der Waals surface area contributed by atoms with Crippen LogP contribution in [-0.2, 0) is 14.8 Å². The summed E-state index contributed by atoms with van der Waals surface area (Å²) in [5.74, 6) is 0.173. The highest BCUT2D eigenvalue weighted by Gasteiger charge is 2.27. The van der Waals surface area contributed by atoms with Crippen molar-refractivity contribution in [2.24, 2.45) is 0 Å². The molecule has 0 saturated carbocycles. The first kappa shape index (κ1) is 24.8. The number of sulfonamides is 1. The molecule has 0 aliphatic carbocycles. The molecule has 4 rings (SSSR count). The van der Waals surface area contributed by atoms with Crippen molar-refractivity contribution in [3.8, 4) is 16.3 Å². The van der Waals surface area contributed by atoms with Gasteiger partial charge in [-0.1, -0.05) is 51.0 Å². The van der Waals surface area contributed by atoms with E-state index in [2.05, 4.69) is 31.4 Å². The number of benzene rings is 3. The fourth-order valence-corrected chi connectivity index (χ4v) is 5.76. The summed E-state index contributed by atoms with van der Waals surface area (Å²) in [6.07, 6.45) is 0. The molecule has 1 heterocycles. The van der Waals surface area contributed by atoms with Gasteiger partial charge in [0, 0.05) is 10.0 Å². The number of methoxy groups -OCH3 is 1.